The van der Waals surface area contributed by atoms with Crippen molar-refractivity contribution in [3.05, 3.63) is 46.7 Å². The highest BCUT2D eigenvalue weighted by Gasteiger charge is 2.20. The molecule has 0 bridgehead atoms. The number of hydrogen-bond donors (Lipinski definition) is 1. The van der Waals surface area contributed by atoms with Crippen LogP contribution in [-0.4, -0.2) is 38.5 Å². The van der Waals surface area contributed by atoms with E-state index in [9.17, 15) is 4.79 Å². The van der Waals surface area contributed by atoms with Gasteiger partial charge in [-0.05, 0) is 40.9 Å². The average molecular weight is 375 g/mol. The number of thiophene rings is 1. The van der Waals surface area contributed by atoms with Crippen molar-refractivity contribution in [3.63, 3.8) is 0 Å². The van der Waals surface area contributed by atoms with E-state index in [2.05, 4.69) is 20.8 Å². The smallest absolute Gasteiger partial charge is 0.233 e. The monoisotopic (exact) mass is 375 g/mol. The summed E-state index contributed by atoms with van der Waals surface area (Å²) in [6.07, 6.45) is 0. The molecule has 0 unspecified atom stereocenters. The molecule has 2 heterocycles. The Labute approximate surface area is 153 Å². The Balaban J connectivity index is 1.69. The average Bonchev–Trinajstić information content (AvgIpc) is 3.31. The van der Waals surface area contributed by atoms with Crippen molar-refractivity contribution in [2.24, 2.45) is 0 Å². The van der Waals surface area contributed by atoms with Crippen LogP contribution in [0.5, 0.6) is 5.75 Å². The molecule has 1 atom stereocenters. The minimum atomic E-state index is -0.334. The Morgan fingerprint density at radius 2 is 2.20 bits per heavy atom. The molecule has 2 aromatic heterocycles. The molecule has 25 heavy (non-hydrogen) atoms. The first-order valence-corrected chi connectivity index (χ1v) is 9.33. The predicted molar refractivity (Wildman–Crippen MR) is 97.2 cm³/mol. The van der Waals surface area contributed by atoms with Crippen molar-refractivity contribution in [1.82, 2.24) is 25.5 Å². The maximum Gasteiger partial charge on any atom is 0.233 e. The largest absolute Gasteiger partial charge is 0.494 e. The Bertz CT molecular complexity index is 835. The molecule has 0 aliphatic heterocycles. The second-order valence-electron chi connectivity index (χ2n) is 5.10. The van der Waals surface area contributed by atoms with Crippen LogP contribution in [0.4, 0.5) is 0 Å². The third kappa shape index (κ3) is 4.18. The summed E-state index contributed by atoms with van der Waals surface area (Å²) in [6.45, 7) is 2.36. The number of hydrogen-bond acceptors (Lipinski definition) is 7. The van der Waals surface area contributed by atoms with E-state index >= 15 is 0 Å². The van der Waals surface area contributed by atoms with Gasteiger partial charge in [0, 0.05) is 4.88 Å². The molecule has 3 rings (SSSR count). The van der Waals surface area contributed by atoms with Crippen LogP contribution < -0.4 is 10.1 Å². The lowest BCUT2D eigenvalue weighted by molar-refractivity contribution is -0.120. The van der Waals surface area contributed by atoms with Gasteiger partial charge in [-0.15, -0.1) is 16.4 Å². The standard InChI is InChI=1S/C16H17N5O2S2/c1-11(15(22)17-10-12-6-5-9-24-12)25-16-18-19-20-21(16)13-7-3-4-8-14(13)23-2/h3-9,11H,10H2,1-2H3,(H,17,22)/t11-/m1/s1. The highest BCUT2D eigenvalue weighted by Crippen LogP contribution is 2.27. The second kappa shape index (κ2) is 8.13. The van der Waals surface area contributed by atoms with Gasteiger partial charge in [0.1, 0.15) is 11.4 Å². The molecule has 0 aliphatic carbocycles. The Morgan fingerprint density at radius 3 is 2.96 bits per heavy atom. The number of thioether (sulfide) groups is 1. The Kier molecular flexibility index (Phi) is 5.67. The van der Waals surface area contributed by atoms with Gasteiger partial charge in [0.05, 0.1) is 18.9 Å². The van der Waals surface area contributed by atoms with Gasteiger partial charge in [-0.25, -0.2) is 0 Å². The van der Waals surface area contributed by atoms with E-state index in [1.54, 1.807) is 23.1 Å². The van der Waals surface area contributed by atoms with Crippen LogP contribution >= 0.6 is 23.1 Å². The van der Waals surface area contributed by atoms with E-state index in [1.807, 2.05) is 48.7 Å². The van der Waals surface area contributed by atoms with E-state index in [0.29, 0.717) is 17.5 Å². The summed E-state index contributed by atoms with van der Waals surface area (Å²) < 4.78 is 6.93. The number of nitrogens with one attached hydrogen (secondary N) is 1. The van der Waals surface area contributed by atoms with Crippen molar-refractivity contribution < 1.29 is 9.53 Å². The highest BCUT2D eigenvalue weighted by atomic mass is 32.2. The summed E-state index contributed by atoms with van der Waals surface area (Å²) in [5.41, 5.74) is 0.726. The lowest BCUT2D eigenvalue weighted by Gasteiger charge is -2.12. The highest BCUT2D eigenvalue weighted by molar-refractivity contribution is 8.00. The zero-order chi connectivity index (χ0) is 17.6. The number of ether oxygens (including phenoxy) is 1. The third-order valence-electron chi connectivity index (χ3n) is 3.42. The van der Waals surface area contributed by atoms with Crippen LogP contribution in [0.3, 0.4) is 0 Å². The Morgan fingerprint density at radius 1 is 1.36 bits per heavy atom. The summed E-state index contributed by atoms with van der Waals surface area (Å²) in [5.74, 6) is 0.597. The van der Waals surface area contributed by atoms with Gasteiger partial charge in [0.2, 0.25) is 11.1 Å². The molecule has 0 aliphatic rings. The predicted octanol–water partition coefficient (Wildman–Crippen LogP) is 2.53. The lowest BCUT2D eigenvalue weighted by Crippen LogP contribution is -2.30. The second-order valence-corrected chi connectivity index (χ2v) is 7.44. The number of tetrazole rings is 1. The number of rotatable bonds is 7. The van der Waals surface area contributed by atoms with Crippen molar-refractivity contribution in [1.29, 1.82) is 0 Å². The zero-order valence-corrected chi connectivity index (χ0v) is 15.4. The number of para-hydroxylation sites is 2. The van der Waals surface area contributed by atoms with Gasteiger partial charge in [-0.3, -0.25) is 4.79 Å². The topological polar surface area (TPSA) is 81.9 Å². The van der Waals surface area contributed by atoms with E-state index in [-0.39, 0.29) is 11.2 Å². The molecule has 0 spiro atoms. The zero-order valence-electron chi connectivity index (χ0n) is 13.7. The van der Waals surface area contributed by atoms with Crippen LogP contribution in [0.15, 0.2) is 46.9 Å². The molecule has 0 saturated carbocycles. The quantitative estimate of drug-likeness (QED) is 0.639. The fraction of sp³-hybridized carbons (Fsp3) is 0.250. The first-order chi connectivity index (χ1) is 12.2. The number of carbonyl (C=O) groups is 1. The van der Waals surface area contributed by atoms with Gasteiger partial charge in [-0.1, -0.05) is 30.0 Å². The SMILES string of the molecule is COc1ccccc1-n1nnnc1S[C@H](C)C(=O)NCc1cccs1. The van der Waals surface area contributed by atoms with Crippen LogP contribution in [0.2, 0.25) is 0 Å². The number of carbonyl (C=O) groups excluding carboxylic acids is 1. The molecule has 7 nitrogen and oxygen atoms in total. The van der Waals surface area contributed by atoms with Crippen molar-refractivity contribution in [3.8, 4) is 11.4 Å². The summed E-state index contributed by atoms with van der Waals surface area (Å²) in [4.78, 5) is 13.4. The van der Waals surface area contributed by atoms with Crippen molar-refractivity contribution >= 4 is 29.0 Å². The first kappa shape index (κ1) is 17.4. The summed E-state index contributed by atoms with van der Waals surface area (Å²) in [7, 11) is 1.59. The lowest BCUT2D eigenvalue weighted by atomic mass is 10.3. The first-order valence-electron chi connectivity index (χ1n) is 7.57. The summed E-state index contributed by atoms with van der Waals surface area (Å²) in [5, 5.41) is 16.9. The van der Waals surface area contributed by atoms with Crippen LogP contribution in [-0.2, 0) is 11.3 Å². The van der Waals surface area contributed by atoms with Gasteiger partial charge in [0.15, 0.2) is 0 Å². The van der Waals surface area contributed by atoms with Gasteiger partial charge >= 0.3 is 0 Å². The van der Waals surface area contributed by atoms with Crippen molar-refractivity contribution in [2.45, 2.75) is 23.9 Å². The number of amides is 1. The fourth-order valence-corrected chi connectivity index (χ4v) is 3.62. The molecular weight excluding hydrogens is 358 g/mol. The Hall–Kier alpha value is -2.39. The minimum absolute atomic E-state index is 0.0621. The molecule has 130 valence electrons. The molecular formula is C16H17N5O2S2. The third-order valence-corrected chi connectivity index (χ3v) is 5.33. The van der Waals surface area contributed by atoms with E-state index in [4.69, 9.17) is 4.74 Å². The van der Waals surface area contributed by atoms with E-state index in [0.717, 1.165) is 10.6 Å². The molecule has 1 amide bonds. The number of nitrogens with zero attached hydrogens (tertiary/aromatic N) is 4. The number of methoxy groups -OCH3 is 1. The molecule has 3 aromatic rings. The molecule has 0 fully saturated rings. The van der Waals surface area contributed by atoms with Crippen LogP contribution in [0, 0.1) is 0 Å². The molecule has 1 N–H and O–H groups in total. The van der Waals surface area contributed by atoms with E-state index in [1.165, 1.54) is 11.8 Å². The summed E-state index contributed by atoms with van der Waals surface area (Å²) >= 11 is 2.91. The molecule has 0 radical (unpaired) electrons. The number of aromatic nitrogens is 4. The minimum Gasteiger partial charge on any atom is -0.494 e. The van der Waals surface area contributed by atoms with Crippen molar-refractivity contribution in [2.75, 3.05) is 7.11 Å². The molecule has 9 heteroatoms. The van der Waals surface area contributed by atoms with Crippen LogP contribution in [0.25, 0.3) is 5.69 Å². The van der Waals surface area contributed by atoms with Gasteiger partial charge in [0.25, 0.3) is 0 Å². The maximum absolute atomic E-state index is 12.3. The van der Waals surface area contributed by atoms with E-state index < -0.39 is 0 Å². The fourth-order valence-electron chi connectivity index (χ4n) is 2.15. The normalized spacial score (nSPS) is 11.9. The molecule has 0 saturated heterocycles. The number of benzene rings is 1. The maximum atomic E-state index is 12.3. The summed E-state index contributed by atoms with van der Waals surface area (Å²) in [6, 6.07) is 11.4. The molecule has 1 aromatic carbocycles. The van der Waals surface area contributed by atoms with Gasteiger partial charge in [-0.2, -0.15) is 4.68 Å². The van der Waals surface area contributed by atoms with Gasteiger partial charge < -0.3 is 10.1 Å². The van der Waals surface area contributed by atoms with Crippen LogP contribution in [0.1, 0.15) is 11.8 Å².